The highest BCUT2D eigenvalue weighted by Crippen LogP contribution is 2.33. The third kappa shape index (κ3) is 4.58. The Bertz CT molecular complexity index is 282. The molecule has 2 saturated carbocycles. The minimum Gasteiger partial charge on any atom is -0.480 e. The van der Waals surface area contributed by atoms with Gasteiger partial charge < -0.3 is 15.7 Å². The molecular weight excluding hydrogens is 228 g/mol. The lowest BCUT2D eigenvalue weighted by Crippen LogP contribution is -2.45. The number of carboxylic acids is 1. The van der Waals surface area contributed by atoms with E-state index in [1.807, 2.05) is 0 Å². The molecule has 2 aliphatic carbocycles. The lowest BCUT2D eigenvalue weighted by atomic mass is 9.97. The Hall–Kier alpha value is -0.610. The van der Waals surface area contributed by atoms with Crippen LogP contribution in [0.25, 0.3) is 0 Å². The van der Waals surface area contributed by atoms with Crippen molar-refractivity contribution in [1.29, 1.82) is 0 Å². The van der Waals surface area contributed by atoms with Gasteiger partial charge in [-0.1, -0.05) is 0 Å². The molecule has 0 amide bonds. The van der Waals surface area contributed by atoms with Gasteiger partial charge in [-0.25, -0.2) is 0 Å². The van der Waals surface area contributed by atoms with Crippen molar-refractivity contribution >= 4 is 5.97 Å². The Morgan fingerprint density at radius 2 is 1.78 bits per heavy atom. The molecule has 2 fully saturated rings. The average molecular weight is 254 g/mol. The zero-order valence-corrected chi connectivity index (χ0v) is 11.4. The number of carbonyl (C=O) groups is 1. The predicted molar refractivity (Wildman–Crippen MR) is 71.4 cm³/mol. The van der Waals surface area contributed by atoms with Gasteiger partial charge in [-0.2, -0.15) is 0 Å². The van der Waals surface area contributed by atoms with E-state index in [0.717, 1.165) is 24.8 Å². The van der Waals surface area contributed by atoms with E-state index in [1.54, 1.807) is 6.92 Å². The minimum absolute atomic E-state index is 0.564. The molecule has 0 bridgehead atoms. The molecule has 2 rings (SSSR count). The normalized spacial score (nSPS) is 23.1. The number of hydrogen-bond donors (Lipinski definition) is 2. The summed E-state index contributed by atoms with van der Waals surface area (Å²) in [6.45, 7) is 5.05. The van der Waals surface area contributed by atoms with Gasteiger partial charge in [0.05, 0.1) is 0 Å². The van der Waals surface area contributed by atoms with Crippen LogP contribution in [-0.4, -0.2) is 41.1 Å². The topological polar surface area (TPSA) is 66.6 Å². The molecule has 0 spiro atoms. The first-order valence-corrected chi connectivity index (χ1v) is 7.22. The molecule has 1 unspecified atom stereocenters. The molecule has 18 heavy (non-hydrogen) atoms. The van der Waals surface area contributed by atoms with E-state index in [0.29, 0.717) is 6.42 Å². The van der Waals surface area contributed by atoms with Gasteiger partial charge >= 0.3 is 5.97 Å². The first-order chi connectivity index (χ1) is 8.47. The fourth-order valence-corrected chi connectivity index (χ4v) is 2.37. The fraction of sp³-hybridized carbons (Fsp3) is 0.929. The van der Waals surface area contributed by atoms with E-state index in [4.69, 9.17) is 10.8 Å². The second kappa shape index (κ2) is 5.57. The van der Waals surface area contributed by atoms with Crippen molar-refractivity contribution < 1.29 is 9.90 Å². The van der Waals surface area contributed by atoms with Gasteiger partial charge in [0.2, 0.25) is 0 Å². The van der Waals surface area contributed by atoms with Crippen LogP contribution in [0.5, 0.6) is 0 Å². The van der Waals surface area contributed by atoms with Gasteiger partial charge in [-0.3, -0.25) is 4.79 Å². The third-order valence-corrected chi connectivity index (χ3v) is 4.09. The summed E-state index contributed by atoms with van der Waals surface area (Å²) in [4.78, 5) is 13.5. The van der Waals surface area contributed by atoms with E-state index in [2.05, 4.69) is 4.90 Å². The number of nitrogens with zero attached hydrogens (tertiary/aromatic N) is 1. The Morgan fingerprint density at radius 3 is 2.17 bits per heavy atom. The number of aliphatic carboxylic acids is 1. The monoisotopic (exact) mass is 254 g/mol. The van der Waals surface area contributed by atoms with Gasteiger partial charge in [0.25, 0.3) is 0 Å². The molecule has 0 aromatic rings. The molecule has 0 radical (unpaired) electrons. The molecule has 0 saturated heterocycles. The molecular formula is C14H26N2O2. The summed E-state index contributed by atoms with van der Waals surface area (Å²) < 4.78 is 0. The van der Waals surface area contributed by atoms with Crippen LogP contribution in [0.15, 0.2) is 0 Å². The zero-order chi connectivity index (χ0) is 13.2. The Balaban J connectivity index is 1.68. The highest BCUT2D eigenvalue weighted by Gasteiger charge is 2.30. The molecule has 4 nitrogen and oxygen atoms in total. The maximum Gasteiger partial charge on any atom is 0.323 e. The molecule has 0 aromatic carbocycles. The summed E-state index contributed by atoms with van der Waals surface area (Å²) in [7, 11) is 0. The van der Waals surface area contributed by atoms with Crippen molar-refractivity contribution in [1.82, 2.24) is 4.90 Å². The summed E-state index contributed by atoms with van der Waals surface area (Å²) in [6.07, 6.45) is 6.97. The van der Waals surface area contributed by atoms with Crippen LogP contribution in [0, 0.1) is 11.8 Å². The van der Waals surface area contributed by atoms with Crippen molar-refractivity contribution in [2.45, 2.75) is 51.0 Å². The standard InChI is InChI=1S/C14H26N2O2/c1-14(15,13(17)18)7-2-8-16(9-11-3-4-11)10-12-5-6-12/h11-12H,2-10,15H2,1H3,(H,17,18). The highest BCUT2D eigenvalue weighted by molar-refractivity contribution is 5.77. The van der Waals surface area contributed by atoms with Gasteiger partial charge in [0.15, 0.2) is 0 Å². The summed E-state index contributed by atoms with van der Waals surface area (Å²) in [5.41, 5.74) is 4.69. The highest BCUT2D eigenvalue weighted by atomic mass is 16.4. The fourth-order valence-electron chi connectivity index (χ4n) is 2.37. The molecule has 3 N–H and O–H groups in total. The molecule has 104 valence electrons. The predicted octanol–water partition coefficient (Wildman–Crippen LogP) is 1.69. The van der Waals surface area contributed by atoms with Crippen LogP contribution < -0.4 is 5.73 Å². The second-order valence-corrected chi connectivity index (χ2v) is 6.47. The van der Waals surface area contributed by atoms with E-state index >= 15 is 0 Å². The third-order valence-electron chi connectivity index (χ3n) is 4.09. The summed E-state index contributed by atoms with van der Waals surface area (Å²) in [5, 5.41) is 8.98. The van der Waals surface area contributed by atoms with Crippen LogP contribution in [0.4, 0.5) is 0 Å². The van der Waals surface area contributed by atoms with Crippen molar-refractivity contribution in [3.05, 3.63) is 0 Å². The lowest BCUT2D eigenvalue weighted by Gasteiger charge is -2.24. The van der Waals surface area contributed by atoms with Gasteiger partial charge in [0.1, 0.15) is 5.54 Å². The second-order valence-electron chi connectivity index (χ2n) is 6.47. The molecule has 4 heteroatoms. The van der Waals surface area contributed by atoms with E-state index < -0.39 is 11.5 Å². The van der Waals surface area contributed by atoms with Gasteiger partial charge in [0, 0.05) is 13.1 Å². The zero-order valence-electron chi connectivity index (χ0n) is 11.4. The first-order valence-electron chi connectivity index (χ1n) is 7.22. The summed E-state index contributed by atoms with van der Waals surface area (Å²) in [6, 6.07) is 0. The van der Waals surface area contributed by atoms with Crippen molar-refractivity contribution in [3.8, 4) is 0 Å². The largest absolute Gasteiger partial charge is 0.480 e. The Kier molecular flexibility index (Phi) is 4.28. The smallest absolute Gasteiger partial charge is 0.323 e. The van der Waals surface area contributed by atoms with E-state index in [-0.39, 0.29) is 0 Å². The summed E-state index contributed by atoms with van der Waals surface area (Å²) >= 11 is 0. The van der Waals surface area contributed by atoms with Crippen molar-refractivity contribution in [2.24, 2.45) is 17.6 Å². The lowest BCUT2D eigenvalue weighted by molar-refractivity contribution is -0.142. The first kappa shape index (κ1) is 13.8. The number of nitrogens with two attached hydrogens (primary N) is 1. The van der Waals surface area contributed by atoms with Gasteiger partial charge in [-0.15, -0.1) is 0 Å². The number of carboxylic acid groups (broad SMARTS) is 1. The van der Waals surface area contributed by atoms with Crippen LogP contribution in [-0.2, 0) is 4.79 Å². The Morgan fingerprint density at radius 1 is 1.28 bits per heavy atom. The SMILES string of the molecule is CC(N)(CCCN(CC1CC1)CC1CC1)C(=O)O. The van der Waals surface area contributed by atoms with E-state index in [9.17, 15) is 4.79 Å². The molecule has 2 aliphatic rings. The molecule has 1 atom stereocenters. The van der Waals surface area contributed by atoms with Crippen LogP contribution >= 0.6 is 0 Å². The number of rotatable bonds is 9. The van der Waals surface area contributed by atoms with E-state index in [1.165, 1.54) is 38.8 Å². The van der Waals surface area contributed by atoms with Crippen molar-refractivity contribution in [2.75, 3.05) is 19.6 Å². The van der Waals surface area contributed by atoms with Crippen LogP contribution in [0.3, 0.4) is 0 Å². The maximum absolute atomic E-state index is 10.9. The quantitative estimate of drug-likeness (QED) is 0.657. The summed E-state index contributed by atoms with van der Waals surface area (Å²) in [5.74, 6) is 0.929. The number of hydrogen-bond acceptors (Lipinski definition) is 3. The maximum atomic E-state index is 10.9. The van der Waals surface area contributed by atoms with Gasteiger partial charge in [-0.05, 0) is 63.8 Å². The molecule has 0 heterocycles. The molecule has 0 aromatic heterocycles. The Labute approximate surface area is 110 Å². The minimum atomic E-state index is -1.06. The molecule has 0 aliphatic heterocycles. The van der Waals surface area contributed by atoms with Crippen LogP contribution in [0.2, 0.25) is 0 Å². The average Bonchev–Trinajstić information content (AvgIpc) is 3.12. The van der Waals surface area contributed by atoms with Crippen molar-refractivity contribution in [3.63, 3.8) is 0 Å². The van der Waals surface area contributed by atoms with Crippen LogP contribution in [0.1, 0.15) is 45.4 Å².